The second kappa shape index (κ2) is 12.4. The van der Waals surface area contributed by atoms with Crippen molar-refractivity contribution in [3.8, 4) is 11.8 Å². The third kappa shape index (κ3) is 6.73. The number of nitrogens with one attached hydrogen (secondary N) is 3. The van der Waals surface area contributed by atoms with Crippen molar-refractivity contribution in [2.75, 3.05) is 0 Å². The second-order valence-electron chi connectivity index (χ2n) is 9.82. The van der Waals surface area contributed by atoms with Gasteiger partial charge in [0.1, 0.15) is 0 Å². The third-order valence-corrected chi connectivity index (χ3v) is 7.13. The van der Waals surface area contributed by atoms with Gasteiger partial charge < -0.3 is 20.8 Å². The summed E-state index contributed by atoms with van der Waals surface area (Å²) in [6.45, 7) is 1.50. The summed E-state index contributed by atoms with van der Waals surface area (Å²) in [5.41, 5.74) is 1.25. The molecule has 204 valence electrons. The van der Waals surface area contributed by atoms with Gasteiger partial charge in [-0.25, -0.2) is 4.39 Å². The first-order valence-corrected chi connectivity index (χ1v) is 13.0. The van der Waals surface area contributed by atoms with Gasteiger partial charge in [0, 0.05) is 5.56 Å². The number of hydrogen-bond donors (Lipinski definition) is 5. The number of amides is 2. The van der Waals surface area contributed by atoms with Crippen LogP contribution in [0.1, 0.15) is 65.2 Å². The predicted molar refractivity (Wildman–Crippen MR) is 145 cm³/mol. The van der Waals surface area contributed by atoms with Crippen LogP contribution in [0.3, 0.4) is 0 Å². The van der Waals surface area contributed by atoms with Crippen molar-refractivity contribution >= 4 is 23.7 Å². The van der Waals surface area contributed by atoms with Crippen LogP contribution in [0.4, 0.5) is 4.39 Å². The van der Waals surface area contributed by atoms with E-state index in [-0.39, 0.29) is 29.3 Å². The lowest BCUT2D eigenvalue weighted by atomic mass is 9.90. The molecule has 2 aromatic carbocycles. The first-order chi connectivity index (χ1) is 18.7. The highest BCUT2D eigenvalue weighted by molar-refractivity contribution is 6.05. The Morgan fingerprint density at radius 3 is 2.18 bits per heavy atom. The molecule has 0 radical (unpaired) electrons. The van der Waals surface area contributed by atoms with Crippen LogP contribution in [0.15, 0.2) is 66.5 Å². The molecule has 5 N–H and O–H groups in total. The average Bonchev–Trinajstić information content (AvgIpc) is 3.55. The molecule has 2 atom stereocenters. The number of aromatic amines is 1. The maximum atomic E-state index is 14.7. The second-order valence-corrected chi connectivity index (χ2v) is 9.82. The maximum absolute atomic E-state index is 14.7. The fraction of sp³-hybridized carbons (Fsp3) is 0.300. The Bertz CT molecular complexity index is 1350. The summed E-state index contributed by atoms with van der Waals surface area (Å²) in [5, 5.41) is 25.6. The molecule has 0 saturated heterocycles. The SMILES string of the molecule is Cc1c(O)[nH]c(O)c1C(=O)[C@@H](NC(=O)C[C@H](NC(=O)C(F)=Cc1ccccc1)c1ccccc1)C1CCCC1. The lowest BCUT2D eigenvalue weighted by Gasteiger charge is -2.25. The number of carbonyl (C=O) groups is 3. The summed E-state index contributed by atoms with van der Waals surface area (Å²) in [7, 11) is 0. The number of Topliss-reactive ketones (excluding diaryl/α,β-unsaturated/α-hetero) is 1. The maximum Gasteiger partial charge on any atom is 0.280 e. The van der Waals surface area contributed by atoms with Crippen LogP contribution in [-0.4, -0.2) is 38.8 Å². The van der Waals surface area contributed by atoms with Crippen molar-refractivity contribution in [1.29, 1.82) is 0 Å². The number of benzene rings is 2. The number of rotatable bonds is 10. The molecule has 0 aliphatic heterocycles. The number of halogens is 1. The molecule has 2 amide bonds. The Kier molecular flexibility index (Phi) is 8.81. The standard InChI is InChI=1S/C30H32FN3O5/c1-18-25(30(39)34-28(18)37)27(36)26(21-14-8-9-15-21)33-24(35)17-23(20-12-6-3-7-13-20)32-29(38)22(31)16-19-10-4-2-5-11-19/h2-7,10-13,16,21,23,26,34,37,39H,8-9,14-15,17H2,1H3,(H,32,38)(H,33,35)/t23-,26-/m0/s1. The molecule has 3 aromatic rings. The molecular formula is C30H32FN3O5. The van der Waals surface area contributed by atoms with Gasteiger partial charge in [0.2, 0.25) is 11.8 Å². The lowest BCUT2D eigenvalue weighted by Crippen LogP contribution is -2.46. The number of ketones is 1. The predicted octanol–water partition coefficient (Wildman–Crippen LogP) is 4.85. The molecule has 8 nitrogen and oxygen atoms in total. The summed E-state index contributed by atoms with van der Waals surface area (Å²) in [4.78, 5) is 41.9. The Morgan fingerprint density at radius 1 is 0.974 bits per heavy atom. The van der Waals surface area contributed by atoms with Gasteiger partial charge in [-0.15, -0.1) is 0 Å². The van der Waals surface area contributed by atoms with Gasteiger partial charge in [-0.2, -0.15) is 0 Å². The van der Waals surface area contributed by atoms with E-state index in [2.05, 4.69) is 15.6 Å². The zero-order chi connectivity index (χ0) is 27.9. The van der Waals surface area contributed by atoms with E-state index in [4.69, 9.17) is 0 Å². The molecule has 1 aromatic heterocycles. The first kappa shape index (κ1) is 27.6. The van der Waals surface area contributed by atoms with E-state index in [1.165, 1.54) is 6.92 Å². The Morgan fingerprint density at radius 2 is 1.59 bits per heavy atom. The summed E-state index contributed by atoms with van der Waals surface area (Å²) < 4.78 is 14.7. The molecule has 0 unspecified atom stereocenters. The largest absolute Gasteiger partial charge is 0.494 e. The molecule has 4 rings (SSSR count). The summed E-state index contributed by atoms with van der Waals surface area (Å²) >= 11 is 0. The molecule has 1 fully saturated rings. The molecule has 1 aliphatic rings. The van der Waals surface area contributed by atoms with E-state index in [1.54, 1.807) is 60.7 Å². The van der Waals surface area contributed by atoms with E-state index >= 15 is 0 Å². The molecule has 0 spiro atoms. The van der Waals surface area contributed by atoms with Gasteiger partial charge in [0.05, 0.1) is 24.1 Å². The topological polar surface area (TPSA) is 132 Å². The summed E-state index contributed by atoms with van der Waals surface area (Å²) in [5.74, 6) is -3.90. The van der Waals surface area contributed by atoms with Crippen molar-refractivity contribution in [1.82, 2.24) is 15.6 Å². The van der Waals surface area contributed by atoms with Crippen molar-refractivity contribution in [2.24, 2.45) is 5.92 Å². The van der Waals surface area contributed by atoms with Crippen molar-refractivity contribution in [2.45, 2.75) is 51.1 Å². The summed E-state index contributed by atoms with van der Waals surface area (Å²) in [6.07, 6.45) is 4.14. The third-order valence-electron chi connectivity index (χ3n) is 7.13. The molecule has 1 heterocycles. The number of aromatic hydroxyl groups is 2. The zero-order valence-electron chi connectivity index (χ0n) is 21.6. The molecule has 39 heavy (non-hydrogen) atoms. The van der Waals surface area contributed by atoms with Crippen molar-refractivity contribution < 1.29 is 29.0 Å². The smallest absolute Gasteiger partial charge is 0.280 e. The van der Waals surface area contributed by atoms with Crippen LogP contribution < -0.4 is 10.6 Å². The van der Waals surface area contributed by atoms with Crippen LogP contribution in [0, 0.1) is 12.8 Å². The highest BCUT2D eigenvalue weighted by Gasteiger charge is 2.36. The van der Waals surface area contributed by atoms with E-state index in [0.29, 0.717) is 11.1 Å². The normalized spacial score (nSPS) is 15.5. The van der Waals surface area contributed by atoms with E-state index in [0.717, 1.165) is 31.8 Å². The van der Waals surface area contributed by atoms with Crippen LogP contribution >= 0.6 is 0 Å². The zero-order valence-corrected chi connectivity index (χ0v) is 21.6. The van der Waals surface area contributed by atoms with Crippen LogP contribution in [-0.2, 0) is 9.59 Å². The Hall–Kier alpha value is -4.40. The minimum Gasteiger partial charge on any atom is -0.494 e. The quantitative estimate of drug-likeness (QED) is 0.188. The van der Waals surface area contributed by atoms with Gasteiger partial charge in [-0.05, 0) is 42.9 Å². The monoisotopic (exact) mass is 533 g/mol. The average molecular weight is 534 g/mol. The van der Waals surface area contributed by atoms with Gasteiger partial charge >= 0.3 is 0 Å². The minimum atomic E-state index is -1.00. The van der Waals surface area contributed by atoms with Crippen LogP contribution in [0.25, 0.3) is 6.08 Å². The highest BCUT2D eigenvalue weighted by Crippen LogP contribution is 2.34. The number of hydrogen-bond acceptors (Lipinski definition) is 5. The molecule has 1 saturated carbocycles. The van der Waals surface area contributed by atoms with E-state index in [9.17, 15) is 29.0 Å². The Labute approximate surface area is 226 Å². The highest BCUT2D eigenvalue weighted by atomic mass is 19.1. The van der Waals surface area contributed by atoms with Gasteiger partial charge in [0.15, 0.2) is 17.5 Å². The molecule has 0 bridgehead atoms. The fourth-order valence-electron chi connectivity index (χ4n) is 5.05. The lowest BCUT2D eigenvalue weighted by molar-refractivity contribution is -0.123. The van der Waals surface area contributed by atoms with E-state index in [1.807, 2.05) is 0 Å². The van der Waals surface area contributed by atoms with Gasteiger partial charge in [-0.1, -0.05) is 73.5 Å². The first-order valence-electron chi connectivity index (χ1n) is 13.0. The molecule has 9 heteroatoms. The molecular weight excluding hydrogens is 501 g/mol. The van der Waals surface area contributed by atoms with Gasteiger partial charge in [-0.3, -0.25) is 19.4 Å². The van der Waals surface area contributed by atoms with Crippen molar-refractivity contribution in [3.63, 3.8) is 0 Å². The minimum absolute atomic E-state index is 0.0641. The fourth-order valence-corrected chi connectivity index (χ4v) is 5.05. The number of carbonyl (C=O) groups excluding carboxylic acids is 3. The molecule has 1 aliphatic carbocycles. The van der Waals surface area contributed by atoms with Crippen LogP contribution in [0.2, 0.25) is 0 Å². The summed E-state index contributed by atoms with van der Waals surface area (Å²) in [6, 6.07) is 15.5. The van der Waals surface area contributed by atoms with Crippen LogP contribution in [0.5, 0.6) is 11.8 Å². The Balaban J connectivity index is 1.53. The van der Waals surface area contributed by atoms with Gasteiger partial charge in [0.25, 0.3) is 5.91 Å². The number of H-pyrrole nitrogens is 1. The number of aromatic nitrogens is 1. The van der Waals surface area contributed by atoms with Crippen molar-refractivity contribution in [3.05, 3.63) is 88.7 Å². The van der Waals surface area contributed by atoms with E-state index < -0.39 is 41.4 Å².